The SMILES string of the molecule is O=C(NCc1nc2ccccc2[nH]1)c1ccc(C[C@@H]2CC[C@H]([C@H](O)c3ccccc3)N2)cc1. The van der Waals surface area contributed by atoms with Gasteiger partial charge in [0.25, 0.3) is 5.91 Å². The van der Waals surface area contributed by atoms with E-state index in [2.05, 4.69) is 20.6 Å². The number of fused-ring (bicyclic) bond motifs is 1. The minimum absolute atomic E-state index is 0.0701. The van der Waals surface area contributed by atoms with Crippen LogP contribution >= 0.6 is 0 Å². The van der Waals surface area contributed by atoms with Gasteiger partial charge < -0.3 is 20.7 Å². The molecule has 1 amide bonds. The van der Waals surface area contributed by atoms with Crippen molar-refractivity contribution in [1.29, 1.82) is 0 Å². The van der Waals surface area contributed by atoms with Crippen LogP contribution in [0, 0.1) is 0 Å². The number of carbonyl (C=O) groups is 1. The zero-order valence-electron chi connectivity index (χ0n) is 18.4. The Morgan fingerprint density at radius 2 is 1.76 bits per heavy atom. The topological polar surface area (TPSA) is 90.0 Å². The van der Waals surface area contributed by atoms with Crippen molar-refractivity contribution in [3.63, 3.8) is 0 Å². The summed E-state index contributed by atoms with van der Waals surface area (Å²) in [4.78, 5) is 20.3. The van der Waals surface area contributed by atoms with Crippen molar-refractivity contribution in [1.82, 2.24) is 20.6 Å². The lowest BCUT2D eigenvalue weighted by Gasteiger charge is -2.20. The van der Waals surface area contributed by atoms with Crippen molar-refractivity contribution in [3.05, 3.63) is 101 Å². The van der Waals surface area contributed by atoms with Crippen LogP contribution in [-0.4, -0.2) is 33.1 Å². The largest absolute Gasteiger partial charge is 0.387 e. The van der Waals surface area contributed by atoms with E-state index in [-0.39, 0.29) is 11.9 Å². The number of rotatable bonds is 7. The summed E-state index contributed by atoms with van der Waals surface area (Å²) in [7, 11) is 0. The molecule has 0 bridgehead atoms. The Hall–Kier alpha value is -3.48. The van der Waals surface area contributed by atoms with E-state index in [4.69, 9.17) is 0 Å². The molecule has 33 heavy (non-hydrogen) atoms. The molecular weight excluding hydrogens is 412 g/mol. The Balaban J connectivity index is 1.13. The Bertz CT molecular complexity index is 1190. The van der Waals surface area contributed by atoms with Gasteiger partial charge in [0.1, 0.15) is 5.82 Å². The number of para-hydroxylation sites is 2. The predicted molar refractivity (Wildman–Crippen MR) is 129 cm³/mol. The molecule has 0 saturated carbocycles. The number of carbonyl (C=O) groups excluding carboxylic acids is 1. The summed E-state index contributed by atoms with van der Waals surface area (Å²) in [6, 6.07) is 25.8. The fourth-order valence-corrected chi connectivity index (χ4v) is 4.57. The average molecular weight is 441 g/mol. The number of aromatic amines is 1. The van der Waals surface area contributed by atoms with Crippen molar-refractivity contribution in [2.45, 2.75) is 44.0 Å². The van der Waals surface area contributed by atoms with E-state index in [1.807, 2.05) is 78.9 Å². The van der Waals surface area contributed by atoms with Crippen LogP contribution in [0.3, 0.4) is 0 Å². The molecule has 1 aliphatic rings. The van der Waals surface area contributed by atoms with Crippen LogP contribution in [0.25, 0.3) is 11.0 Å². The van der Waals surface area contributed by atoms with Gasteiger partial charge in [-0.15, -0.1) is 0 Å². The minimum atomic E-state index is -0.492. The molecule has 1 saturated heterocycles. The zero-order chi connectivity index (χ0) is 22.6. The normalized spacial score (nSPS) is 18.9. The van der Waals surface area contributed by atoms with Gasteiger partial charge in [-0.05, 0) is 54.7 Å². The van der Waals surface area contributed by atoms with Gasteiger partial charge in [0.05, 0.1) is 23.7 Å². The number of benzene rings is 3. The molecule has 1 aliphatic heterocycles. The van der Waals surface area contributed by atoms with Crippen LogP contribution < -0.4 is 10.6 Å². The van der Waals surface area contributed by atoms with Crippen LogP contribution in [0.15, 0.2) is 78.9 Å². The molecule has 0 aliphatic carbocycles. The molecule has 1 fully saturated rings. The summed E-state index contributed by atoms with van der Waals surface area (Å²) in [5, 5.41) is 17.2. The van der Waals surface area contributed by atoms with Gasteiger partial charge in [-0.1, -0.05) is 54.6 Å². The first kappa shape index (κ1) is 21.4. The molecule has 0 unspecified atom stereocenters. The van der Waals surface area contributed by atoms with Crippen molar-refractivity contribution < 1.29 is 9.90 Å². The molecule has 2 heterocycles. The maximum absolute atomic E-state index is 12.5. The zero-order valence-corrected chi connectivity index (χ0v) is 18.4. The third-order valence-corrected chi connectivity index (χ3v) is 6.35. The Kier molecular flexibility index (Phi) is 6.19. The summed E-state index contributed by atoms with van der Waals surface area (Å²) >= 11 is 0. The number of aliphatic hydroxyl groups is 1. The van der Waals surface area contributed by atoms with Gasteiger partial charge in [0.2, 0.25) is 0 Å². The molecule has 6 nitrogen and oxygen atoms in total. The lowest BCUT2D eigenvalue weighted by atomic mass is 10.0. The first-order valence-electron chi connectivity index (χ1n) is 11.5. The van der Waals surface area contributed by atoms with Gasteiger partial charge in [-0.2, -0.15) is 0 Å². The van der Waals surface area contributed by atoms with Gasteiger partial charge >= 0.3 is 0 Å². The Morgan fingerprint density at radius 1 is 1.00 bits per heavy atom. The Labute approximate surface area is 193 Å². The molecule has 3 atom stereocenters. The quantitative estimate of drug-likeness (QED) is 0.351. The molecule has 6 heteroatoms. The number of imidazole rings is 1. The van der Waals surface area contributed by atoms with Crippen molar-refractivity contribution >= 4 is 16.9 Å². The highest BCUT2D eigenvalue weighted by molar-refractivity contribution is 5.94. The second-order valence-electron chi connectivity index (χ2n) is 8.69. The fraction of sp³-hybridized carbons (Fsp3) is 0.259. The maximum atomic E-state index is 12.5. The van der Waals surface area contributed by atoms with E-state index in [0.717, 1.165) is 41.7 Å². The number of aromatic nitrogens is 2. The number of aliphatic hydroxyl groups excluding tert-OH is 1. The molecule has 5 rings (SSSR count). The van der Waals surface area contributed by atoms with Gasteiger partial charge in [-0.25, -0.2) is 4.98 Å². The molecule has 168 valence electrons. The van der Waals surface area contributed by atoms with Crippen LogP contribution in [0.1, 0.15) is 46.3 Å². The van der Waals surface area contributed by atoms with Gasteiger partial charge in [-0.3, -0.25) is 4.79 Å². The van der Waals surface area contributed by atoms with E-state index >= 15 is 0 Å². The Morgan fingerprint density at radius 3 is 2.55 bits per heavy atom. The number of amides is 1. The smallest absolute Gasteiger partial charge is 0.251 e. The number of nitrogens with one attached hydrogen (secondary N) is 3. The van der Waals surface area contributed by atoms with Crippen LogP contribution in [0.5, 0.6) is 0 Å². The molecule has 0 radical (unpaired) electrons. The molecule has 0 spiro atoms. The lowest BCUT2D eigenvalue weighted by molar-refractivity contribution is 0.0950. The van der Waals surface area contributed by atoms with Crippen molar-refractivity contribution in [3.8, 4) is 0 Å². The number of nitrogens with zero attached hydrogens (tertiary/aromatic N) is 1. The summed E-state index contributed by atoms with van der Waals surface area (Å²) in [5.74, 6) is 0.618. The second kappa shape index (κ2) is 9.57. The van der Waals surface area contributed by atoms with Crippen molar-refractivity contribution in [2.24, 2.45) is 0 Å². The average Bonchev–Trinajstić information content (AvgIpc) is 3.50. The van der Waals surface area contributed by atoms with Crippen LogP contribution in [0.2, 0.25) is 0 Å². The summed E-state index contributed by atoms with van der Waals surface area (Å²) in [5.41, 5.74) is 4.62. The third-order valence-electron chi connectivity index (χ3n) is 6.35. The number of hydrogen-bond donors (Lipinski definition) is 4. The number of H-pyrrole nitrogens is 1. The van der Waals surface area contributed by atoms with E-state index in [9.17, 15) is 9.90 Å². The minimum Gasteiger partial charge on any atom is -0.387 e. The highest BCUT2D eigenvalue weighted by Crippen LogP contribution is 2.26. The van der Waals surface area contributed by atoms with Gasteiger partial charge in [0.15, 0.2) is 0 Å². The lowest BCUT2D eigenvalue weighted by Crippen LogP contribution is -2.35. The molecule has 4 N–H and O–H groups in total. The maximum Gasteiger partial charge on any atom is 0.251 e. The van der Waals surface area contributed by atoms with Gasteiger partial charge in [0, 0.05) is 17.6 Å². The third kappa shape index (κ3) is 4.97. The fourth-order valence-electron chi connectivity index (χ4n) is 4.57. The highest BCUT2D eigenvalue weighted by Gasteiger charge is 2.29. The molecule has 4 aromatic rings. The van der Waals surface area contributed by atoms with E-state index in [0.29, 0.717) is 18.2 Å². The van der Waals surface area contributed by atoms with Crippen LogP contribution in [0.4, 0.5) is 0 Å². The highest BCUT2D eigenvalue weighted by atomic mass is 16.3. The van der Waals surface area contributed by atoms with E-state index < -0.39 is 6.10 Å². The summed E-state index contributed by atoms with van der Waals surface area (Å²) in [6.45, 7) is 0.354. The molecular formula is C27H28N4O2. The molecule has 3 aromatic carbocycles. The van der Waals surface area contributed by atoms with E-state index in [1.54, 1.807) is 0 Å². The second-order valence-corrected chi connectivity index (χ2v) is 8.69. The van der Waals surface area contributed by atoms with E-state index in [1.165, 1.54) is 5.56 Å². The predicted octanol–water partition coefficient (Wildman–Crippen LogP) is 3.89. The first-order valence-corrected chi connectivity index (χ1v) is 11.5. The summed E-state index contributed by atoms with van der Waals surface area (Å²) in [6.07, 6.45) is 2.35. The van der Waals surface area contributed by atoms with Crippen molar-refractivity contribution in [2.75, 3.05) is 0 Å². The first-order chi connectivity index (χ1) is 16.2. The molecule has 1 aromatic heterocycles. The monoisotopic (exact) mass is 440 g/mol. The standard InChI is InChI=1S/C27H28N4O2/c32-26(19-6-2-1-3-7-19)24-15-14-21(29-24)16-18-10-12-20(13-11-18)27(33)28-17-25-30-22-8-4-5-9-23(22)31-25/h1-13,21,24,26,29,32H,14-17H2,(H,28,33)(H,30,31)/t21-,24+,26+/m0/s1. The van der Waals surface area contributed by atoms with Crippen LogP contribution in [-0.2, 0) is 13.0 Å². The summed E-state index contributed by atoms with van der Waals surface area (Å²) < 4.78 is 0. The number of hydrogen-bond acceptors (Lipinski definition) is 4.